The molecule has 0 aliphatic carbocycles. The Bertz CT molecular complexity index is 383. The molecule has 1 aliphatic heterocycles. The molecule has 1 aromatic carbocycles. The largest absolute Gasteiger partial charge is 0.398 e. The summed E-state index contributed by atoms with van der Waals surface area (Å²) in [6, 6.07) is 6.80. The van der Waals surface area contributed by atoms with E-state index in [9.17, 15) is 0 Å². The summed E-state index contributed by atoms with van der Waals surface area (Å²) in [4.78, 5) is 2.58. The molecule has 3 N–H and O–H groups in total. The average Bonchev–Trinajstić information content (AvgIpc) is 2.41. The fraction of sp³-hybridized carbons (Fsp3) is 0.600. The van der Waals surface area contributed by atoms with Crippen molar-refractivity contribution < 1.29 is 0 Å². The van der Waals surface area contributed by atoms with Gasteiger partial charge in [0.2, 0.25) is 0 Å². The first-order valence-corrected chi connectivity index (χ1v) is 7.01. The van der Waals surface area contributed by atoms with E-state index >= 15 is 0 Å². The van der Waals surface area contributed by atoms with Crippen LogP contribution in [0.25, 0.3) is 0 Å². The maximum atomic E-state index is 5.92. The zero-order valence-electron chi connectivity index (χ0n) is 11.6. The van der Waals surface area contributed by atoms with E-state index in [1.54, 1.807) is 0 Å². The summed E-state index contributed by atoms with van der Waals surface area (Å²) >= 11 is 0. The SMILES string of the molecule is Cc1ccc(NCC(C)N2CCCCC2)cc1N. The van der Waals surface area contributed by atoms with Crippen molar-refractivity contribution in [3.8, 4) is 0 Å². The molecular formula is C15H25N3. The second kappa shape index (κ2) is 6.10. The van der Waals surface area contributed by atoms with Crippen molar-refractivity contribution in [1.82, 2.24) is 4.90 Å². The molecule has 2 rings (SSSR count). The van der Waals surface area contributed by atoms with E-state index in [2.05, 4.69) is 29.3 Å². The number of hydrogen-bond donors (Lipinski definition) is 2. The third-order valence-corrected chi connectivity index (χ3v) is 3.89. The first kappa shape index (κ1) is 13.2. The van der Waals surface area contributed by atoms with Gasteiger partial charge in [-0.3, -0.25) is 4.90 Å². The van der Waals surface area contributed by atoms with Crippen LogP contribution in [0.2, 0.25) is 0 Å². The molecule has 0 amide bonds. The van der Waals surface area contributed by atoms with Crippen LogP contribution >= 0.6 is 0 Å². The molecular weight excluding hydrogens is 222 g/mol. The summed E-state index contributed by atoms with van der Waals surface area (Å²) in [6.07, 6.45) is 4.09. The highest BCUT2D eigenvalue weighted by Gasteiger charge is 2.16. The molecule has 0 radical (unpaired) electrons. The number of nitrogen functional groups attached to an aromatic ring is 1. The molecule has 3 heteroatoms. The number of nitrogens with two attached hydrogens (primary N) is 1. The number of hydrogen-bond acceptors (Lipinski definition) is 3. The quantitative estimate of drug-likeness (QED) is 0.804. The number of anilines is 2. The van der Waals surface area contributed by atoms with Crippen LogP contribution in [0.1, 0.15) is 31.7 Å². The molecule has 3 nitrogen and oxygen atoms in total. The van der Waals surface area contributed by atoms with Crippen LogP contribution < -0.4 is 11.1 Å². The van der Waals surface area contributed by atoms with Gasteiger partial charge in [0.25, 0.3) is 0 Å². The zero-order valence-corrected chi connectivity index (χ0v) is 11.6. The van der Waals surface area contributed by atoms with Crippen molar-refractivity contribution in [2.75, 3.05) is 30.7 Å². The van der Waals surface area contributed by atoms with E-state index in [4.69, 9.17) is 5.73 Å². The Kier molecular flexibility index (Phi) is 4.48. The molecule has 1 saturated heterocycles. The van der Waals surface area contributed by atoms with Gasteiger partial charge in [0.1, 0.15) is 0 Å². The molecule has 0 aromatic heterocycles. The number of aryl methyl sites for hydroxylation is 1. The molecule has 0 bridgehead atoms. The minimum Gasteiger partial charge on any atom is -0.398 e. The highest BCUT2D eigenvalue weighted by molar-refractivity contribution is 5.58. The predicted octanol–water partition coefficient (Wildman–Crippen LogP) is 2.86. The first-order valence-electron chi connectivity index (χ1n) is 7.01. The van der Waals surface area contributed by atoms with Crippen LogP contribution in [0, 0.1) is 6.92 Å². The Hall–Kier alpha value is -1.22. The average molecular weight is 247 g/mol. The number of likely N-dealkylation sites (tertiary alicyclic amines) is 1. The van der Waals surface area contributed by atoms with Crippen molar-refractivity contribution in [2.24, 2.45) is 0 Å². The summed E-state index contributed by atoms with van der Waals surface area (Å²) < 4.78 is 0. The van der Waals surface area contributed by atoms with Gasteiger partial charge in [0, 0.05) is 24.0 Å². The van der Waals surface area contributed by atoms with Crippen LogP contribution in [0.15, 0.2) is 18.2 Å². The van der Waals surface area contributed by atoms with Gasteiger partial charge in [0.15, 0.2) is 0 Å². The highest BCUT2D eigenvalue weighted by Crippen LogP contribution is 2.18. The van der Waals surface area contributed by atoms with Crippen molar-refractivity contribution in [3.63, 3.8) is 0 Å². The Labute approximate surface area is 110 Å². The summed E-state index contributed by atoms with van der Waals surface area (Å²) in [7, 11) is 0. The van der Waals surface area contributed by atoms with Gasteiger partial charge in [0.05, 0.1) is 0 Å². The van der Waals surface area contributed by atoms with E-state index in [0.717, 1.165) is 23.5 Å². The Morgan fingerprint density at radius 1 is 1.28 bits per heavy atom. The van der Waals surface area contributed by atoms with Crippen LogP contribution in [0.5, 0.6) is 0 Å². The van der Waals surface area contributed by atoms with E-state index < -0.39 is 0 Å². The minimum atomic E-state index is 0.591. The summed E-state index contributed by atoms with van der Waals surface area (Å²) in [5.41, 5.74) is 9.06. The van der Waals surface area contributed by atoms with E-state index in [-0.39, 0.29) is 0 Å². The lowest BCUT2D eigenvalue weighted by atomic mass is 10.1. The first-order chi connectivity index (χ1) is 8.66. The molecule has 1 atom stereocenters. The molecule has 1 aromatic rings. The second-order valence-corrected chi connectivity index (χ2v) is 5.40. The molecule has 1 unspecified atom stereocenters. The fourth-order valence-electron chi connectivity index (χ4n) is 2.50. The summed E-state index contributed by atoms with van der Waals surface area (Å²) in [5, 5.41) is 3.49. The molecule has 0 saturated carbocycles. The van der Waals surface area contributed by atoms with Gasteiger partial charge >= 0.3 is 0 Å². The lowest BCUT2D eigenvalue weighted by Gasteiger charge is -2.32. The van der Waals surface area contributed by atoms with Gasteiger partial charge in [-0.05, 0) is 57.5 Å². The Balaban J connectivity index is 1.84. The monoisotopic (exact) mass is 247 g/mol. The number of nitrogens with zero attached hydrogens (tertiary/aromatic N) is 1. The number of nitrogens with one attached hydrogen (secondary N) is 1. The fourth-order valence-corrected chi connectivity index (χ4v) is 2.50. The molecule has 1 heterocycles. The van der Waals surface area contributed by atoms with Gasteiger partial charge in [-0.25, -0.2) is 0 Å². The maximum Gasteiger partial charge on any atom is 0.0364 e. The van der Waals surface area contributed by atoms with Crippen molar-refractivity contribution in [3.05, 3.63) is 23.8 Å². The number of rotatable bonds is 4. The van der Waals surface area contributed by atoms with Crippen molar-refractivity contribution in [1.29, 1.82) is 0 Å². The molecule has 1 fully saturated rings. The Morgan fingerprint density at radius 2 is 2.00 bits per heavy atom. The van der Waals surface area contributed by atoms with Crippen LogP contribution in [0.3, 0.4) is 0 Å². The molecule has 0 spiro atoms. The smallest absolute Gasteiger partial charge is 0.0364 e. The third kappa shape index (κ3) is 3.39. The normalized spacial score (nSPS) is 18.6. The highest BCUT2D eigenvalue weighted by atomic mass is 15.2. The van der Waals surface area contributed by atoms with E-state index in [1.165, 1.54) is 32.4 Å². The van der Waals surface area contributed by atoms with E-state index in [1.807, 2.05) is 13.0 Å². The molecule has 1 aliphatic rings. The zero-order chi connectivity index (χ0) is 13.0. The van der Waals surface area contributed by atoms with Crippen molar-refractivity contribution in [2.45, 2.75) is 39.2 Å². The summed E-state index contributed by atoms with van der Waals surface area (Å²) in [5.74, 6) is 0. The van der Waals surface area contributed by atoms with Gasteiger partial charge < -0.3 is 11.1 Å². The topological polar surface area (TPSA) is 41.3 Å². The summed E-state index contributed by atoms with van der Waals surface area (Å²) in [6.45, 7) is 7.83. The van der Waals surface area contributed by atoms with Gasteiger partial charge in [-0.2, -0.15) is 0 Å². The lowest BCUT2D eigenvalue weighted by Crippen LogP contribution is -2.41. The predicted molar refractivity (Wildman–Crippen MR) is 79.0 cm³/mol. The number of piperidine rings is 1. The maximum absolute atomic E-state index is 5.92. The number of benzene rings is 1. The standard InChI is InChI=1S/C15H25N3/c1-12-6-7-14(10-15(12)16)17-11-13(2)18-8-4-3-5-9-18/h6-7,10,13,17H,3-5,8-9,11,16H2,1-2H3. The minimum absolute atomic E-state index is 0.591. The van der Waals surface area contributed by atoms with Crippen molar-refractivity contribution >= 4 is 11.4 Å². The second-order valence-electron chi connectivity index (χ2n) is 5.40. The van der Waals surface area contributed by atoms with E-state index in [0.29, 0.717) is 6.04 Å². The van der Waals surface area contributed by atoms with Gasteiger partial charge in [-0.1, -0.05) is 12.5 Å². The van der Waals surface area contributed by atoms with Crippen LogP contribution in [-0.2, 0) is 0 Å². The Morgan fingerprint density at radius 3 is 2.67 bits per heavy atom. The van der Waals surface area contributed by atoms with Crippen LogP contribution in [-0.4, -0.2) is 30.6 Å². The van der Waals surface area contributed by atoms with Crippen LogP contribution in [0.4, 0.5) is 11.4 Å². The molecule has 100 valence electrons. The molecule has 18 heavy (non-hydrogen) atoms. The van der Waals surface area contributed by atoms with Gasteiger partial charge in [-0.15, -0.1) is 0 Å². The lowest BCUT2D eigenvalue weighted by molar-refractivity contribution is 0.180. The third-order valence-electron chi connectivity index (χ3n) is 3.89.